The van der Waals surface area contributed by atoms with Gasteiger partial charge in [0.25, 0.3) is 0 Å². The first kappa shape index (κ1) is 18.9. The van der Waals surface area contributed by atoms with E-state index in [1.807, 2.05) is 43.3 Å². The van der Waals surface area contributed by atoms with Crippen LogP contribution in [-0.4, -0.2) is 24.3 Å². The molecule has 134 valence electrons. The van der Waals surface area contributed by atoms with E-state index in [1.54, 1.807) is 13.0 Å². The average Bonchev–Trinajstić information content (AvgIpc) is 2.61. The second-order valence-corrected chi connectivity index (χ2v) is 6.20. The fourth-order valence-electron chi connectivity index (χ4n) is 2.69. The number of aliphatic hydroxyl groups excluding tert-OH is 1. The van der Waals surface area contributed by atoms with Gasteiger partial charge in [-0.1, -0.05) is 42.5 Å². The van der Waals surface area contributed by atoms with E-state index in [1.165, 1.54) is 6.07 Å². The van der Waals surface area contributed by atoms with Gasteiger partial charge in [0, 0.05) is 19.1 Å². The van der Waals surface area contributed by atoms with Gasteiger partial charge in [0.2, 0.25) is 0 Å². The number of hydrogen-bond acceptors (Lipinski definition) is 2. The number of carbonyl (C=O) groups excluding carboxylic acids is 1. The van der Waals surface area contributed by atoms with Crippen molar-refractivity contribution in [2.24, 2.45) is 0 Å². The lowest BCUT2D eigenvalue weighted by Crippen LogP contribution is -2.39. The molecule has 0 spiro atoms. The standard InChI is InChI=1S/C20H25FN2O2/c1-14-8-9-17(12-19(14)21)15(2)23-20(25)22-13-18(10-11-24)16-6-4-3-5-7-16/h3-9,12,15,18,24H,10-11,13H2,1-2H3,(H2,22,23,25). The van der Waals surface area contributed by atoms with Gasteiger partial charge in [-0.3, -0.25) is 0 Å². The molecule has 2 aromatic carbocycles. The first-order chi connectivity index (χ1) is 12.0. The molecule has 0 bridgehead atoms. The van der Waals surface area contributed by atoms with Gasteiger partial charge in [-0.05, 0) is 43.0 Å². The molecule has 0 aliphatic rings. The number of carbonyl (C=O) groups is 1. The van der Waals surface area contributed by atoms with Crippen LogP contribution in [0.1, 0.15) is 42.0 Å². The Balaban J connectivity index is 1.91. The molecule has 25 heavy (non-hydrogen) atoms. The summed E-state index contributed by atoms with van der Waals surface area (Å²) in [6.45, 7) is 3.99. The van der Waals surface area contributed by atoms with Crippen molar-refractivity contribution in [3.63, 3.8) is 0 Å². The van der Waals surface area contributed by atoms with Crippen LogP contribution in [0.15, 0.2) is 48.5 Å². The van der Waals surface area contributed by atoms with Gasteiger partial charge in [-0.2, -0.15) is 0 Å². The second-order valence-electron chi connectivity index (χ2n) is 6.20. The average molecular weight is 344 g/mol. The summed E-state index contributed by atoms with van der Waals surface area (Å²) < 4.78 is 13.7. The number of aryl methyl sites for hydroxylation is 1. The summed E-state index contributed by atoms with van der Waals surface area (Å²) in [5, 5.41) is 14.9. The first-order valence-corrected chi connectivity index (χ1v) is 8.47. The maximum absolute atomic E-state index is 13.7. The molecule has 4 nitrogen and oxygen atoms in total. The molecule has 3 N–H and O–H groups in total. The fraction of sp³-hybridized carbons (Fsp3) is 0.350. The van der Waals surface area contributed by atoms with Crippen molar-refractivity contribution in [3.05, 3.63) is 71.0 Å². The van der Waals surface area contributed by atoms with Crippen molar-refractivity contribution in [2.75, 3.05) is 13.2 Å². The van der Waals surface area contributed by atoms with Crippen LogP contribution in [0.2, 0.25) is 0 Å². The number of aliphatic hydroxyl groups is 1. The molecule has 0 saturated carbocycles. The monoisotopic (exact) mass is 344 g/mol. The lowest BCUT2D eigenvalue weighted by atomic mass is 9.96. The largest absolute Gasteiger partial charge is 0.396 e. The summed E-state index contributed by atoms with van der Waals surface area (Å²) in [5.41, 5.74) is 2.37. The fourth-order valence-corrected chi connectivity index (χ4v) is 2.69. The minimum atomic E-state index is -0.313. The molecule has 2 aromatic rings. The molecule has 0 heterocycles. The van der Waals surface area contributed by atoms with Gasteiger partial charge in [0.15, 0.2) is 0 Å². The van der Waals surface area contributed by atoms with Crippen molar-refractivity contribution >= 4 is 6.03 Å². The van der Waals surface area contributed by atoms with Gasteiger partial charge in [0.1, 0.15) is 5.82 Å². The lowest BCUT2D eigenvalue weighted by molar-refractivity contribution is 0.234. The van der Waals surface area contributed by atoms with Crippen LogP contribution in [-0.2, 0) is 0 Å². The molecule has 0 aliphatic heterocycles. The van der Waals surface area contributed by atoms with Gasteiger partial charge < -0.3 is 15.7 Å². The molecule has 0 aromatic heterocycles. The van der Waals surface area contributed by atoms with Gasteiger partial charge >= 0.3 is 6.03 Å². The van der Waals surface area contributed by atoms with Crippen LogP contribution in [0.4, 0.5) is 9.18 Å². The van der Waals surface area contributed by atoms with E-state index in [2.05, 4.69) is 10.6 Å². The summed E-state index contributed by atoms with van der Waals surface area (Å²) in [6, 6.07) is 14.1. The predicted molar refractivity (Wildman–Crippen MR) is 97.0 cm³/mol. The van der Waals surface area contributed by atoms with Crippen LogP contribution in [0.25, 0.3) is 0 Å². The Morgan fingerprint density at radius 1 is 1.16 bits per heavy atom. The van der Waals surface area contributed by atoms with E-state index in [9.17, 15) is 14.3 Å². The Labute approximate surface area is 148 Å². The van der Waals surface area contributed by atoms with Crippen molar-refractivity contribution in [1.82, 2.24) is 10.6 Å². The zero-order valence-corrected chi connectivity index (χ0v) is 14.6. The number of halogens is 1. The molecule has 0 aliphatic carbocycles. The summed E-state index contributed by atoms with van der Waals surface area (Å²) in [5.74, 6) is -0.234. The number of hydrogen-bond donors (Lipinski definition) is 3. The van der Waals surface area contributed by atoms with E-state index in [4.69, 9.17) is 0 Å². The summed E-state index contributed by atoms with van der Waals surface area (Å²) in [6.07, 6.45) is 0.572. The summed E-state index contributed by atoms with van der Waals surface area (Å²) >= 11 is 0. The minimum absolute atomic E-state index is 0.0454. The van der Waals surface area contributed by atoms with Gasteiger partial charge in [-0.15, -0.1) is 0 Å². The minimum Gasteiger partial charge on any atom is -0.396 e. The highest BCUT2D eigenvalue weighted by atomic mass is 19.1. The maximum Gasteiger partial charge on any atom is 0.315 e. The molecular formula is C20H25FN2O2. The van der Waals surface area contributed by atoms with Crippen molar-refractivity contribution in [2.45, 2.75) is 32.2 Å². The Hall–Kier alpha value is -2.40. The highest BCUT2D eigenvalue weighted by Crippen LogP contribution is 2.19. The Morgan fingerprint density at radius 2 is 1.88 bits per heavy atom. The molecule has 5 heteroatoms. The Kier molecular flexibility index (Phi) is 6.95. The second kappa shape index (κ2) is 9.18. The highest BCUT2D eigenvalue weighted by Gasteiger charge is 2.14. The normalized spacial score (nSPS) is 13.1. The van der Waals surface area contributed by atoms with Crippen LogP contribution >= 0.6 is 0 Å². The van der Waals surface area contributed by atoms with Crippen LogP contribution < -0.4 is 10.6 Å². The molecule has 0 radical (unpaired) electrons. The van der Waals surface area contributed by atoms with Crippen molar-refractivity contribution in [1.29, 1.82) is 0 Å². The third kappa shape index (κ3) is 5.57. The molecule has 2 atom stereocenters. The van der Waals surface area contributed by atoms with Gasteiger partial charge in [0.05, 0.1) is 6.04 Å². The predicted octanol–water partition coefficient (Wildman–Crippen LogP) is 3.66. The molecular weight excluding hydrogens is 319 g/mol. The molecule has 2 amide bonds. The third-order valence-electron chi connectivity index (χ3n) is 4.30. The van der Waals surface area contributed by atoms with Crippen LogP contribution in [0.5, 0.6) is 0 Å². The van der Waals surface area contributed by atoms with E-state index < -0.39 is 0 Å². The van der Waals surface area contributed by atoms with E-state index in [0.717, 1.165) is 5.56 Å². The van der Waals surface area contributed by atoms with Crippen LogP contribution in [0, 0.1) is 12.7 Å². The summed E-state index contributed by atoms with van der Waals surface area (Å²) in [4.78, 5) is 12.1. The van der Waals surface area contributed by atoms with E-state index >= 15 is 0 Å². The zero-order chi connectivity index (χ0) is 18.2. The Morgan fingerprint density at radius 3 is 2.52 bits per heavy atom. The molecule has 2 rings (SSSR count). The third-order valence-corrected chi connectivity index (χ3v) is 4.30. The zero-order valence-electron chi connectivity index (χ0n) is 14.6. The van der Waals surface area contributed by atoms with E-state index in [0.29, 0.717) is 24.1 Å². The van der Waals surface area contributed by atoms with Crippen molar-refractivity contribution < 1.29 is 14.3 Å². The Bertz CT molecular complexity index is 691. The van der Waals surface area contributed by atoms with Crippen molar-refractivity contribution in [3.8, 4) is 0 Å². The number of rotatable bonds is 7. The number of nitrogens with one attached hydrogen (secondary N) is 2. The number of benzene rings is 2. The van der Waals surface area contributed by atoms with Crippen LogP contribution in [0.3, 0.4) is 0 Å². The van der Waals surface area contributed by atoms with Gasteiger partial charge in [-0.25, -0.2) is 9.18 Å². The molecule has 0 saturated heterocycles. The first-order valence-electron chi connectivity index (χ1n) is 8.47. The number of urea groups is 1. The quantitative estimate of drug-likeness (QED) is 0.718. The smallest absolute Gasteiger partial charge is 0.315 e. The lowest BCUT2D eigenvalue weighted by Gasteiger charge is -2.19. The summed E-state index contributed by atoms with van der Waals surface area (Å²) in [7, 11) is 0. The molecule has 2 unspecified atom stereocenters. The topological polar surface area (TPSA) is 61.4 Å². The maximum atomic E-state index is 13.7. The molecule has 0 fully saturated rings. The SMILES string of the molecule is Cc1ccc(C(C)NC(=O)NCC(CCO)c2ccccc2)cc1F. The number of amides is 2. The highest BCUT2D eigenvalue weighted by molar-refractivity contribution is 5.74. The van der Waals surface area contributed by atoms with E-state index in [-0.39, 0.29) is 30.4 Å².